The lowest BCUT2D eigenvalue weighted by atomic mass is 10.0. The van der Waals surface area contributed by atoms with Crippen molar-refractivity contribution < 1.29 is 0 Å². The highest BCUT2D eigenvalue weighted by Gasteiger charge is 2.19. The van der Waals surface area contributed by atoms with E-state index in [9.17, 15) is 0 Å². The second-order valence-electron chi connectivity index (χ2n) is 5.27. The molecule has 1 saturated heterocycles. The summed E-state index contributed by atoms with van der Waals surface area (Å²) in [7, 11) is 0. The van der Waals surface area contributed by atoms with Crippen LogP contribution in [-0.2, 0) is 0 Å². The summed E-state index contributed by atoms with van der Waals surface area (Å²) in [5.41, 5.74) is 1.43. The van der Waals surface area contributed by atoms with Crippen molar-refractivity contribution in [2.45, 2.75) is 25.3 Å². The van der Waals surface area contributed by atoms with Crippen molar-refractivity contribution in [2.24, 2.45) is 0 Å². The second-order valence-corrected chi connectivity index (χ2v) is 6.26. The molecule has 2 rings (SSSR count). The van der Waals surface area contributed by atoms with Crippen LogP contribution < -0.4 is 5.32 Å². The van der Waals surface area contributed by atoms with Crippen LogP contribution in [0.1, 0.15) is 30.9 Å². The lowest BCUT2D eigenvalue weighted by Crippen LogP contribution is -2.45. The van der Waals surface area contributed by atoms with Crippen LogP contribution in [0.2, 0.25) is 0 Å². The normalized spacial score (nSPS) is 20.6. The average molecular weight is 278 g/mol. The molecule has 106 valence electrons. The van der Waals surface area contributed by atoms with Gasteiger partial charge in [-0.25, -0.2) is 0 Å². The van der Waals surface area contributed by atoms with Gasteiger partial charge in [-0.2, -0.15) is 11.8 Å². The van der Waals surface area contributed by atoms with Crippen LogP contribution in [0.3, 0.4) is 0 Å². The van der Waals surface area contributed by atoms with E-state index in [1.165, 1.54) is 43.7 Å². The lowest BCUT2D eigenvalue weighted by Gasteiger charge is -2.34. The highest BCUT2D eigenvalue weighted by molar-refractivity contribution is 7.98. The molecule has 2 nitrogen and oxygen atoms in total. The zero-order valence-corrected chi connectivity index (χ0v) is 12.8. The summed E-state index contributed by atoms with van der Waals surface area (Å²) in [6, 6.07) is 11.4. The van der Waals surface area contributed by atoms with E-state index in [0.717, 1.165) is 13.1 Å². The van der Waals surface area contributed by atoms with Gasteiger partial charge in [-0.15, -0.1) is 0 Å². The molecule has 1 aliphatic rings. The standard InChI is InChI=1S/C16H26N2S/c1-19-13-7-3-6-11-18-12-10-17-16(14-18)15-8-4-2-5-9-15/h2,4-5,8-9,16-17H,3,6-7,10-14H2,1H3. The molecule has 0 bridgehead atoms. The van der Waals surface area contributed by atoms with Crippen LogP contribution in [0.4, 0.5) is 0 Å². The van der Waals surface area contributed by atoms with Crippen LogP contribution in [0.25, 0.3) is 0 Å². The third kappa shape index (κ3) is 5.17. The number of unbranched alkanes of at least 4 members (excludes halogenated alkanes) is 2. The van der Waals surface area contributed by atoms with Crippen molar-refractivity contribution in [3.05, 3.63) is 35.9 Å². The highest BCUT2D eigenvalue weighted by atomic mass is 32.2. The second kappa shape index (κ2) is 8.62. The van der Waals surface area contributed by atoms with Crippen LogP contribution >= 0.6 is 11.8 Å². The summed E-state index contributed by atoms with van der Waals surface area (Å²) < 4.78 is 0. The van der Waals surface area contributed by atoms with Gasteiger partial charge in [0.25, 0.3) is 0 Å². The molecular weight excluding hydrogens is 252 g/mol. The number of hydrogen-bond donors (Lipinski definition) is 1. The van der Waals surface area contributed by atoms with Gasteiger partial charge in [0.2, 0.25) is 0 Å². The van der Waals surface area contributed by atoms with Gasteiger partial charge in [-0.1, -0.05) is 36.8 Å². The Morgan fingerprint density at radius 3 is 2.84 bits per heavy atom. The van der Waals surface area contributed by atoms with Gasteiger partial charge in [0.15, 0.2) is 0 Å². The van der Waals surface area contributed by atoms with E-state index in [1.807, 2.05) is 11.8 Å². The fourth-order valence-electron chi connectivity index (χ4n) is 2.68. The molecule has 1 aliphatic heterocycles. The van der Waals surface area contributed by atoms with E-state index in [-0.39, 0.29) is 0 Å². The Balaban J connectivity index is 1.72. The first kappa shape index (κ1) is 14.9. The molecule has 1 unspecified atom stereocenters. The van der Waals surface area contributed by atoms with E-state index < -0.39 is 0 Å². The number of thioether (sulfide) groups is 1. The van der Waals surface area contributed by atoms with Gasteiger partial charge in [-0.3, -0.25) is 0 Å². The Bertz CT molecular complexity index is 342. The Morgan fingerprint density at radius 2 is 2.05 bits per heavy atom. The molecule has 19 heavy (non-hydrogen) atoms. The minimum atomic E-state index is 0.515. The summed E-state index contributed by atoms with van der Waals surface area (Å²) in [6.45, 7) is 4.74. The van der Waals surface area contributed by atoms with Crippen LogP contribution in [-0.4, -0.2) is 43.1 Å². The molecule has 1 atom stereocenters. The van der Waals surface area contributed by atoms with Gasteiger partial charge in [-0.05, 0) is 37.0 Å². The van der Waals surface area contributed by atoms with E-state index in [4.69, 9.17) is 0 Å². The monoisotopic (exact) mass is 278 g/mol. The molecule has 1 aromatic rings. The molecule has 0 amide bonds. The topological polar surface area (TPSA) is 15.3 Å². The molecule has 3 heteroatoms. The largest absolute Gasteiger partial charge is 0.308 e. The zero-order valence-electron chi connectivity index (χ0n) is 12.0. The first-order valence-electron chi connectivity index (χ1n) is 7.40. The highest BCUT2D eigenvalue weighted by Crippen LogP contribution is 2.17. The summed E-state index contributed by atoms with van der Waals surface area (Å²) in [5, 5.41) is 3.63. The Kier molecular flexibility index (Phi) is 6.75. The lowest BCUT2D eigenvalue weighted by molar-refractivity contribution is 0.197. The number of rotatable bonds is 7. The molecule has 1 N–H and O–H groups in total. The van der Waals surface area contributed by atoms with Crippen LogP contribution in [0.5, 0.6) is 0 Å². The maximum Gasteiger partial charge on any atom is 0.0449 e. The fourth-order valence-corrected chi connectivity index (χ4v) is 3.17. The first-order chi connectivity index (χ1) is 9.40. The van der Waals surface area contributed by atoms with E-state index in [2.05, 4.69) is 46.8 Å². The molecule has 0 aromatic heterocycles. The summed E-state index contributed by atoms with van der Waals surface area (Å²) >= 11 is 1.96. The molecule has 1 aromatic carbocycles. The molecule has 0 aliphatic carbocycles. The number of piperazine rings is 1. The smallest absolute Gasteiger partial charge is 0.0449 e. The van der Waals surface area contributed by atoms with E-state index >= 15 is 0 Å². The Morgan fingerprint density at radius 1 is 1.21 bits per heavy atom. The van der Waals surface area contributed by atoms with E-state index in [1.54, 1.807) is 0 Å². The number of nitrogens with zero attached hydrogens (tertiary/aromatic N) is 1. The van der Waals surface area contributed by atoms with Crippen molar-refractivity contribution in [3.63, 3.8) is 0 Å². The molecule has 0 radical (unpaired) electrons. The van der Waals surface area contributed by atoms with Crippen molar-refractivity contribution in [2.75, 3.05) is 38.2 Å². The van der Waals surface area contributed by atoms with Gasteiger partial charge < -0.3 is 10.2 Å². The molecular formula is C16H26N2S. The van der Waals surface area contributed by atoms with Crippen LogP contribution in [0, 0.1) is 0 Å². The maximum absolute atomic E-state index is 3.63. The van der Waals surface area contributed by atoms with Gasteiger partial charge in [0.05, 0.1) is 0 Å². The summed E-state index contributed by atoms with van der Waals surface area (Å²) in [5.74, 6) is 1.31. The predicted octanol–water partition coefficient (Wildman–Crippen LogP) is 3.17. The van der Waals surface area contributed by atoms with Gasteiger partial charge >= 0.3 is 0 Å². The maximum atomic E-state index is 3.63. The zero-order chi connectivity index (χ0) is 13.3. The molecule has 1 fully saturated rings. The molecule has 0 spiro atoms. The minimum absolute atomic E-state index is 0.515. The Labute approximate surface area is 122 Å². The van der Waals surface area contributed by atoms with Crippen LogP contribution in [0.15, 0.2) is 30.3 Å². The fraction of sp³-hybridized carbons (Fsp3) is 0.625. The molecule has 0 saturated carbocycles. The SMILES string of the molecule is CSCCCCCN1CCNC(c2ccccc2)C1. The van der Waals surface area contributed by atoms with Crippen molar-refractivity contribution in [3.8, 4) is 0 Å². The van der Waals surface area contributed by atoms with Crippen molar-refractivity contribution in [1.82, 2.24) is 10.2 Å². The summed E-state index contributed by atoms with van der Waals surface area (Å²) in [4.78, 5) is 2.62. The Hall–Kier alpha value is -0.510. The number of nitrogens with one attached hydrogen (secondary N) is 1. The van der Waals surface area contributed by atoms with E-state index in [0.29, 0.717) is 6.04 Å². The number of benzene rings is 1. The molecule has 1 heterocycles. The quantitative estimate of drug-likeness (QED) is 0.771. The third-order valence-electron chi connectivity index (χ3n) is 3.78. The first-order valence-corrected chi connectivity index (χ1v) is 8.79. The summed E-state index contributed by atoms with van der Waals surface area (Å²) in [6.07, 6.45) is 6.29. The average Bonchev–Trinajstić information content (AvgIpc) is 2.48. The number of hydrogen-bond acceptors (Lipinski definition) is 3. The minimum Gasteiger partial charge on any atom is -0.308 e. The predicted molar refractivity (Wildman–Crippen MR) is 85.9 cm³/mol. The third-order valence-corrected chi connectivity index (χ3v) is 4.48. The van der Waals surface area contributed by atoms with Gasteiger partial charge in [0.1, 0.15) is 0 Å². The van der Waals surface area contributed by atoms with Gasteiger partial charge in [0, 0.05) is 25.7 Å². The van der Waals surface area contributed by atoms with Crippen molar-refractivity contribution >= 4 is 11.8 Å². The van der Waals surface area contributed by atoms with Crippen molar-refractivity contribution in [1.29, 1.82) is 0 Å².